The minimum atomic E-state index is -0.727. The Morgan fingerprint density at radius 2 is 1.75 bits per heavy atom. The van der Waals surface area contributed by atoms with Crippen molar-refractivity contribution in [3.05, 3.63) is 23.8 Å². The van der Waals surface area contributed by atoms with Gasteiger partial charge in [0.1, 0.15) is 11.5 Å². The van der Waals surface area contributed by atoms with E-state index in [1.807, 2.05) is 6.92 Å². The Kier molecular flexibility index (Phi) is 9.01. The van der Waals surface area contributed by atoms with Crippen molar-refractivity contribution in [1.82, 2.24) is 10.6 Å². The maximum Gasteiger partial charge on any atom is 0.191 e. The fourth-order valence-corrected chi connectivity index (χ4v) is 2.13. The molecule has 0 heterocycles. The van der Waals surface area contributed by atoms with Crippen LogP contribution in [0.15, 0.2) is 23.2 Å². The summed E-state index contributed by atoms with van der Waals surface area (Å²) in [7, 11) is 3.18. The molecule has 1 atom stereocenters. The van der Waals surface area contributed by atoms with Crippen molar-refractivity contribution in [2.24, 2.45) is 10.9 Å². The molecule has 0 fully saturated rings. The standard InChI is InChI=1S/C18H31N3O3/c1-6-19-18(20-8-7-13(2)3)21-12-17(22)14-9-15(23-4)11-16(10-14)24-5/h9-11,13,17,22H,6-8,12H2,1-5H3,(H2,19,20,21). The van der Waals surface area contributed by atoms with Gasteiger partial charge in [-0.25, -0.2) is 0 Å². The Morgan fingerprint density at radius 1 is 1.12 bits per heavy atom. The fraction of sp³-hybridized carbons (Fsp3) is 0.611. The van der Waals surface area contributed by atoms with Gasteiger partial charge >= 0.3 is 0 Å². The van der Waals surface area contributed by atoms with E-state index in [1.54, 1.807) is 32.4 Å². The van der Waals surface area contributed by atoms with Crippen LogP contribution in [0, 0.1) is 5.92 Å². The molecule has 1 unspecified atom stereocenters. The van der Waals surface area contributed by atoms with Gasteiger partial charge in [-0.1, -0.05) is 13.8 Å². The zero-order chi connectivity index (χ0) is 17.9. The Balaban J connectivity index is 2.73. The first-order chi connectivity index (χ1) is 11.5. The van der Waals surface area contributed by atoms with E-state index in [1.165, 1.54) is 0 Å². The summed E-state index contributed by atoms with van der Waals surface area (Å²) in [4.78, 5) is 4.46. The average molecular weight is 337 g/mol. The molecule has 0 aromatic heterocycles. The number of hydrogen-bond acceptors (Lipinski definition) is 4. The summed E-state index contributed by atoms with van der Waals surface area (Å²) in [6.07, 6.45) is 0.342. The second-order valence-corrected chi connectivity index (χ2v) is 5.99. The van der Waals surface area contributed by atoms with Gasteiger partial charge in [-0.3, -0.25) is 4.99 Å². The number of rotatable bonds is 9. The number of aliphatic hydroxyl groups excluding tert-OH is 1. The van der Waals surface area contributed by atoms with Gasteiger partial charge in [0.15, 0.2) is 5.96 Å². The van der Waals surface area contributed by atoms with Crippen molar-refractivity contribution < 1.29 is 14.6 Å². The summed E-state index contributed by atoms with van der Waals surface area (Å²) < 4.78 is 10.5. The molecule has 0 bridgehead atoms. The molecule has 0 saturated heterocycles. The van der Waals surface area contributed by atoms with Gasteiger partial charge in [-0.2, -0.15) is 0 Å². The molecule has 24 heavy (non-hydrogen) atoms. The molecular formula is C18H31N3O3. The molecule has 6 heteroatoms. The maximum absolute atomic E-state index is 10.4. The normalized spacial score (nSPS) is 12.9. The molecule has 0 saturated carbocycles. The Morgan fingerprint density at radius 3 is 2.25 bits per heavy atom. The number of methoxy groups -OCH3 is 2. The highest BCUT2D eigenvalue weighted by Gasteiger charge is 2.11. The SMILES string of the molecule is CCNC(=NCC(O)c1cc(OC)cc(OC)c1)NCCC(C)C. The molecule has 0 aliphatic heterocycles. The van der Waals surface area contributed by atoms with Crippen LogP contribution >= 0.6 is 0 Å². The lowest BCUT2D eigenvalue weighted by Gasteiger charge is -2.15. The number of nitrogens with zero attached hydrogens (tertiary/aromatic N) is 1. The highest BCUT2D eigenvalue weighted by Crippen LogP contribution is 2.26. The third-order valence-corrected chi connectivity index (χ3v) is 3.54. The van der Waals surface area contributed by atoms with E-state index in [9.17, 15) is 5.11 Å². The van der Waals surface area contributed by atoms with Crippen molar-refractivity contribution in [2.45, 2.75) is 33.3 Å². The second-order valence-electron chi connectivity index (χ2n) is 5.99. The molecule has 1 rings (SSSR count). The van der Waals surface area contributed by atoms with Crippen LogP contribution in [-0.2, 0) is 0 Å². The van der Waals surface area contributed by atoms with Crippen LogP contribution in [-0.4, -0.2) is 44.9 Å². The van der Waals surface area contributed by atoms with Crippen LogP contribution in [0.3, 0.4) is 0 Å². The number of benzene rings is 1. The quantitative estimate of drug-likeness (QED) is 0.476. The van der Waals surface area contributed by atoms with E-state index in [2.05, 4.69) is 29.5 Å². The molecule has 3 N–H and O–H groups in total. The van der Waals surface area contributed by atoms with E-state index in [0.717, 1.165) is 19.5 Å². The number of nitrogens with one attached hydrogen (secondary N) is 2. The van der Waals surface area contributed by atoms with E-state index < -0.39 is 6.10 Å². The summed E-state index contributed by atoms with van der Waals surface area (Å²) in [6.45, 7) is 8.27. The first-order valence-corrected chi connectivity index (χ1v) is 8.43. The third kappa shape index (κ3) is 7.08. The van der Waals surface area contributed by atoms with Crippen LogP contribution in [0.1, 0.15) is 38.9 Å². The summed E-state index contributed by atoms with van der Waals surface area (Å²) in [5.41, 5.74) is 0.716. The highest BCUT2D eigenvalue weighted by atomic mass is 16.5. The first kappa shape index (κ1) is 20.1. The monoisotopic (exact) mass is 337 g/mol. The minimum absolute atomic E-state index is 0.257. The summed E-state index contributed by atoms with van der Waals surface area (Å²) >= 11 is 0. The zero-order valence-corrected chi connectivity index (χ0v) is 15.4. The Bertz CT molecular complexity index is 496. The fourth-order valence-electron chi connectivity index (χ4n) is 2.13. The molecule has 0 aliphatic rings. The van der Waals surface area contributed by atoms with Gasteiger partial charge in [0.25, 0.3) is 0 Å². The number of aliphatic imine (C=N–C) groups is 1. The van der Waals surface area contributed by atoms with Crippen LogP contribution < -0.4 is 20.1 Å². The van der Waals surface area contributed by atoms with Crippen molar-refractivity contribution in [3.63, 3.8) is 0 Å². The zero-order valence-electron chi connectivity index (χ0n) is 15.4. The molecule has 0 aliphatic carbocycles. The predicted octanol–water partition coefficient (Wildman–Crippen LogP) is 2.34. The van der Waals surface area contributed by atoms with Crippen LogP contribution in [0.2, 0.25) is 0 Å². The van der Waals surface area contributed by atoms with Gasteiger partial charge < -0.3 is 25.2 Å². The molecule has 6 nitrogen and oxygen atoms in total. The van der Waals surface area contributed by atoms with E-state index in [4.69, 9.17) is 9.47 Å². The predicted molar refractivity (Wildman–Crippen MR) is 97.9 cm³/mol. The lowest BCUT2D eigenvalue weighted by molar-refractivity contribution is 0.186. The van der Waals surface area contributed by atoms with Crippen molar-refractivity contribution in [1.29, 1.82) is 0 Å². The van der Waals surface area contributed by atoms with Gasteiger partial charge in [-0.05, 0) is 37.0 Å². The summed E-state index contributed by atoms with van der Waals surface area (Å²) in [5.74, 6) is 2.64. The van der Waals surface area contributed by atoms with E-state index >= 15 is 0 Å². The molecule has 1 aromatic rings. The van der Waals surface area contributed by atoms with Crippen molar-refractivity contribution in [3.8, 4) is 11.5 Å². The van der Waals surface area contributed by atoms with Gasteiger partial charge in [-0.15, -0.1) is 0 Å². The average Bonchev–Trinajstić information content (AvgIpc) is 2.58. The van der Waals surface area contributed by atoms with Gasteiger partial charge in [0, 0.05) is 19.2 Å². The van der Waals surface area contributed by atoms with Crippen LogP contribution in [0.25, 0.3) is 0 Å². The first-order valence-electron chi connectivity index (χ1n) is 8.43. The van der Waals surface area contributed by atoms with Crippen LogP contribution in [0.5, 0.6) is 11.5 Å². The lowest BCUT2D eigenvalue weighted by Crippen LogP contribution is -2.38. The topological polar surface area (TPSA) is 75.1 Å². The summed E-state index contributed by atoms with van der Waals surface area (Å²) in [6, 6.07) is 5.36. The second kappa shape index (κ2) is 10.8. The van der Waals surface area contributed by atoms with E-state index in [0.29, 0.717) is 28.9 Å². The smallest absolute Gasteiger partial charge is 0.191 e. The number of guanidine groups is 1. The molecular weight excluding hydrogens is 306 g/mol. The van der Waals surface area contributed by atoms with Crippen LogP contribution in [0.4, 0.5) is 0 Å². The largest absolute Gasteiger partial charge is 0.497 e. The molecule has 136 valence electrons. The van der Waals surface area contributed by atoms with Crippen molar-refractivity contribution >= 4 is 5.96 Å². The van der Waals surface area contributed by atoms with E-state index in [-0.39, 0.29) is 6.54 Å². The molecule has 0 radical (unpaired) electrons. The third-order valence-electron chi connectivity index (χ3n) is 3.54. The Hall–Kier alpha value is -1.95. The molecule has 0 spiro atoms. The highest BCUT2D eigenvalue weighted by molar-refractivity contribution is 5.79. The summed E-state index contributed by atoms with van der Waals surface area (Å²) in [5, 5.41) is 16.9. The number of aliphatic hydroxyl groups is 1. The number of ether oxygens (including phenoxy) is 2. The van der Waals surface area contributed by atoms with Crippen molar-refractivity contribution in [2.75, 3.05) is 33.9 Å². The lowest BCUT2D eigenvalue weighted by atomic mass is 10.1. The number of hydrogen-bond donors (Lipinski definition) is 3. The van der Waals surface area contributed by atoms with Gasteiger partial charge in [0.2, 0.25) is 0 Å². The molecule has 0 amide bonds. The Labute approximate surface area is 145 Å². The van der Waals surface area contributed by atoms with Gasteiger partial charge in [0.05, 0.1) is 26.9 Å². The maximum atomic E-state index is 10.4. The molecule has 1 aromatic carbocycles. The minimum Gasteiger partial charge on any atom is -0.497 e.